The third-order valence-electron chi connectivity index (χ3n) is 5.53. The number of amides is 1. The maximum absolute atomic E-state index is 12.9. The molecule has 1 aliphatic rings. The van der Waals surface area contributed by atoms with Crippen LogP contribution in [0.4, 0.5) is 0 Å². The molecule has 1 N–H and O–H groups in total. The summed E-state index contributed by atoms with van der Waals surface area (Å²) < 4.78 is 3.01. The highest BCUT2D eigenvalue weighted by Crippen LogP contribution is 2.34. The van der Waals surface area contributed by atoms with Crippen LogP contribution in [0.2, 0.25) is 0 Å². The van der Waals surface area contributed by atoms with E-state index < -0.39 is 6.04 Å². The first-order chi connectivity index (χ1) is 14.0. The second-order valence-electron chi connectivity index (χ2n) is 7.66. The molecule has 1 heterocycles. The molecule has 0 saturated heterocycles. The summed E-state index contributed by atoms with van der Waals surface area (Å²) in [6, 6.07) is 13.5. The fourth-order valence-electron chi connectivity index (χ4n) is 3.79. The molecule has 1 amide bonds. The van der Waals surface area contributed by atoms with E-state index in [9.17, 15) is 9.59 Å². The van der Waals surface area contributed by atoms with Crippen LogP contribution < -0.4 is 11.0 Å². The van der Waals surface area contributed by atoms with Gasteiger partial charge in [0.25, 0.3) is 0 Å². The second kappa shape index (κ2) is 8.03. The van der Waals surface area contributed by atoms with Crippen LogP contribution in [-0.4, -0.2) is 26.1 Å². The van der Waals surface area contributed by atoms with Crippen molar-refractivity contribution >= 4 is 28.3 Å². The monoisotopic (exact) mass is 412 g/mol. The van der Waals surface area contributed by atoms with Crippen LogP contribution >= 0.6 is 11.6 Å². The maximum Gasteiger partial charge on any atom is 0.346 e. The molecule has 29 heavy (non-hydrogen) atoms. The van der Waals surface area contributed by atoms with Crippen LogP contribution in [0.25, 0.3) is 10.8 Å². The van der Waals surface area contributed by atoms with Gasteiger partial charge in [0.2, 0.25) is 5.91 Å². The standard InChI is InChI=1S/C22H25ClN4O2/c1-14(18-9-5-7-16-6-3-4-8-19(16)18)24-21(28)15(2)27-22(29)26(17-10-11-17)20(25-27)12-13-23/h3-9,14-15,17H,10-13H2,1-2H3,(H,24,28)/t14-,15?/m1/s1. The summed E-state index contributed by atoms with van der Waals surface area (Å²) in [5, 5.41) is 9.71. The fourth-order valence-corrected chi connectivity index (χ4v) is 3.96. The van der Waals surface area contributed by atoms with Crippen molar-refractivity contribution in [2.45, 2.75) is 51.2 Å². The molecule has 0 aliphatic heterocycles. The summed E-state index contributed by atoms with van der Waals surface area (Å²) in [5.41, 5.74) is 0.815. The molecule has 0 radical (unpaired) electrons. The number of aromatic nitrogens is 3. The van der Waals surface area contributed by atoms with Gasteiger partial charge in [-0.25, -0.2) is 9.48 Å². The Morgan fingerprint density at radius 2 is 1.93 bits per heavy atom. The van der Waals surface area contributed by atoms with Gasteiger partial charge in [-0.2, -0.15) is 5.10 Å². The van der Waals surface area contributed by atoms with Crippen molar-refractivity contribution in [3.63, 3.8) is 0 Å². The summed E-state index contributed by atoms with van der Waals surface area (Å²) in [6.45, 7) is 3.66. The third-order valence-corrected chi connectivity index (χ3v) is 5.72. The van der Waals surface area contributed by atoms with Gasteiger partial charge < -0.3 is 5.32 Å². The zero-order valence-corrected chi connectivity index (χ0v) is 17.4. The minimum atomic E-state index is -0.700. The smallest absolute Gasteiger partial charge is 0.346 e. The molecule has 1 saturated carbocycles. The van der Waals surface area contributed by atoms with Gasteiger partial charge in [-0.05, 0) is 43.0 Å². The van der Waals surface area contributed by atoms with Gasteiger partial charge in [0, 0.05) is 18.3 Å². The number of hydrogen-bond acceptors (Lipinski definition) is 3. The molecular weight excluding hydrogens is 388 g/mol. The Labute approximate surface area is 174 Å². The first kappa shape index (κ1) is 19.7. The molecule has 152 valence electrons. The zero-order chi connectivity index (χ0) is 20.5. The molecule has 1 unspecified atom stereocenters. The fraction of sp³-hybridized carbons (Fsp3) is 0.409. The van der Waals surface area contributed by atoms with E-state index in [0.29, 0.717) is 18.1 Å². The second-order valence-corrected chi connectivity index (χ2v) is 8.04. The average Bonchev–Trinajstić information content (AvgIpc) is 3.50. The molecule has 4 rings (SSSR count). The predicted octanol–water partition coefficient (Wildman–Crippen LogP) is 3.75. The van der Waals surface area contributed by atoms with Gasteiger partial charge in [0.1, 0.15) is 11.9 Å². The quantitative estimate of drug-likeness (QED) is 0.601. The Morgan fingerprint density at radius 1 is 1.21 bits per heavy atom. The number of rotatable bonds is 7. The van der Waals surface area contributed by atoms with E-state index in [1.807, 2.05) is 31.2 Å². The molecule has 6 nitrogen and oxygen atoms in total. The van der Waals surface area contributed by atoms with Crippen LogP contribution in [0, 0.1) is 0 Å². The van der Waals surface area contributed by atoms with Gasteiger partial charge in [0.15, 0.2) is 0 Å². The van der Waals surface area contributed by atoms with Crippen LogP contribution in [0.1, 0.15) is 56.2 Å². The largest absolute Gasteiger partial charge is 0.348 e. The molecule has 2 atom stereocenters. The van der Waals surface area contributed by atoms with Crippen molar-refractivity contribution in [1.29, 1.82) is 0 Å². The molecule has 0 bridgehead atoms. The Balaban J connectivity index is 1.57. The number of nitrogens with zero attached hydrogens (tertiary/aromatic N) is 3. The summed E-state index contributed by atoms with van der Waals surface area (Å²) in [7, 11) is 0. The van der Waals surface area contributed by atoms with E-state index in [1.165, 1.54) is 4.68 Å². The summed E-state index contributed by atoms with van der Waals surface area (Å²) >= 11 is 5.88. The van der Waals surface area contributed by atoms with E-state index >= 15 is 0 Å². The van der Waals surface area contributed by atoms with Crippen LogP contribution in [0.5, 0.6) is 0 Å². The van der Waals surface area contributed by atoms with E-state index in [2.05, 4.69) is 28.6 Å². The van der Waals surface area contributed by atoms with Crippen LogP contribution in [0.3, 0.4) is 0 Å². The lowest BCUT2D eigenvalue weighted by Crippen LogP contribution is -2.38. The predicted molar refractivity (Wildman–Crippen MR) is 114 cm³/mol. The molecule has 7 heteroatoms. The Hall–Kier alpha value is -2.60. The van der Waals surface area contributed by atoms with Crippen molar-refractivity contribution in [2.24, 2.45) is 0 Å². The van der Waals surface area contributed by atoms with Crippen molar-refractivity contribution < 1.29 is 4.79 Å². The first-order valence-corrected chi connectivity index (χ1v) is 10.6. The number of carbonyl (C=O) groups is 1. The lowest BCUT2D eigenvalue weighted by molar-refractivity contribution is -0.124. The Morgan fingerprint density at radius 3 is 2.66 bits per heavy atom. The number of carbonyl (C=O) groups excluding carboxylic acids is 1. The molecule has 2 aromatic carbocycles. The number of hydrogen-bond donors (Lipinski definition) is 1. The average molecular weight is 413 g/mol. The van der Waals surface area contributed by atoms with Crippen molar-refractivity contribution in [1.82, 2.24) is 19.7 Å². The number of aryl methyl sites for hydroxylation is 1. The Kier molecular flexibility index (Phi) is 5.46. The Bertz CT molecular complexity index is 1090. The number of nitrogens with one attached hydrogen (secondary N) is 1. The normalized spacial score (nSPS) is 16.0. The van der Waals surface area contributed by atoms with Crippen LogP contribution in [-0.2, 0) is 11.2 Å². The van der Waals surface area contributed by atoms with E-state index in [1.54, 1.807) is 11.5 Å². The third kappa shape index (κ3) is 3.81. The minimum absolute atomic E-state index is 0.194. The highest BCUT2D eigenvalue weighted by molar-refractivity contribution is 6.17. The maximum atomic E-state index is 12.9. The number of alkyl halides is 1. The lowest BCUT2D eigenvalue weighted by Gasteiger charge is -2.19. The summed E-state index contributed by atoms with van der Waals surface area (Å²) in [6.07, 6.45) is 2.46. The SMILES string of the molecule is CC(C(=O)N[C@H](C)c1cccc2ccccc12)n1nc(CCCl)n(C2CC2)c1=O. The van der Waals surface area contributed by atoms with Crippen LogP contribution in [0.15, 0.2) is 47.3 Å². The summed E-state index contributed by atoms with van der Waals surface area (Å²) in [5.74, 6) is 0.821. The highest BCUT2D eigenvalue weighted by atomic mass is 35.5. The van der Waals surface area contributed by atoms with Crippen molar-refractivity contribution in [2.75, 3.05) is 5.88 Å². The van der Waals surface area contributed by atoms with Gasteiger partial charge in [-0.15, -0.1) is 11.6 Å². The number of halogens is 1. The minimum Gasteiger partial charge on any atom is -0.348 e. The molecule has 0 spiro atoms. The van der Waals surface area contributed by atoms with Gasteiger partial charge in [-0.3, -0.25) is 9.36 Å². The van der Waals surface area contributed by atoms with Crippen molar-refractivity contribution in [3.05, 3.63) is 64.3 Å². The number of benzene rings is 2. The van der Waals surface area contributed by atoms with E-state index in [0.717, 1.165) is 29.2 Å². The first-order valence-electron chi connectivity index (χ1n) is 10.0. The molecular formula is C22H25ClN4O2. The van der Waals surface area contributed by atoms with Gasteiger partial charge >= 0.3 is 5.69 Å². The van der Waals surface area contributed by atoms with Crippen molar-refractivity contribution in [3.8, 4) is 0 Å². The van der Waals surface area contributed by atoms with Gasteiger partial charge in [-0.1, -0.05) is 42.5 Å². The van der Waals surface area contributed by atoms with E-state index in [-0.39, 0.29) is 23.7 Å². The zero-order valence-electron chi connectivity index (χ0n) is 16.6. The molecule has 1 aliphatic carbocycles. The topological polar surface area (TPSA) is 68.9 Å². The van der Waals surface area contributed by atoms with Gasteiger partial charge in [0.05, 0.1) is 6.04 Å². The number of fused-ring (bicyclic) bond motifs is 1. The van der Waals surface area contributed by atoms with E-state index in [4.69, 9.17) is 11.6 Å². The molecule has 1 aromatic heterocycles. The molecule has 1 fully saturated rings. The summed E-state index contributed by atoms with van der Waals surface area (Å²) in [4.78, 5) is 25.8. The lowest BCUT2D eigenvalue weighted by atomic mass is 9.99. The highest BCUT2D eigenvalue weighted by Gasteiger charge is 2.32. The molecule has 3 aromatic rings.